The van der Waals surface area contributed by atoms with Crippen LogP contribution in [0.1, 0.15) is 140 Å². The van der Waals surface area contributed by atoms with Crippen molar-refractivity contribution < 1.29 is 49.0 Å². The number of halogens is 2. The summed E-state index contributed by atoms with van der Waals surface area (Å²) in [5, 5.41) is 0. The molecule has 4 aliphatic rings. The molecular formula is C55H68Cl2Zr-2. The summed E-state index contributed by atoms with van der Waals surface area (Å²) in [7, 11) is 0. The molecular weight excluding hydrogens is 823 g/mol. The number of aryl methyl sites for hydroxylation is 3. The minimum Gasteiger partial charge on any atom is -1.00 e. The number of rotatable bonds is 3. The van der Waals surface area contributed by atoms with E-state index in [0.29, 0.717) is 11.3 Å². The summed E-state index contributed by atoms with van der Waals surface area (Å²) >= 11 is 1.46. The Hall–Kier alpha value is -2.57. The maximum atomic E-state index is 2.62. The molecule has 3 heteroatoms. The molecule has 0 aromatic heterocycles. The number of fused-ring (bicyclic) bond motifs is 6. The molecule has 0 amide bonds. The van der Waals surface area contributed by atoms with Crippen molar-refractivity contribution in [3.63, 3.8) is 0 Å². The van der Waals surface area contributed by atoms with Gasteiger partial charge in [0.25, 0.3) is 0 Å². The Kier molecular flexibility index (Phi) is 14.8. The van der Waals surface area contributed by atoms with Gasteiger partial charge in [-0.2, -0.15) is 34.4 Å². The Morgan fingerprint density at radius 1 is 0.810 bits per heavy atom. The van der Waals surface area contributed by atoms with Crippen LogP contribution in [-0.4, -0.2) is 3.21 Å². The van der Waals surface area contributed by atoms with E-state index in [2.05, 4.69) is 200 Å². The summed E-state index contributed by atoms with van der Waals surface area (Å²) in [6.45, 7) is 33.5. The van der Waals surface area contributed by atoms with Gasteiger partial charge in [-0.05, 0) is 40.6 Å². The quantitative estimate of drug-likeness (QED) is 0.181. The van der Waals surface area contributed by atoms with Gasteiger partial charge in [0.1, 0.15) is 0 Å². The van der Waals surface area contributed by atoms with E-state index < -0.39 is 0 Å². The first-order chi connectivity index (χ1) is 26.2. The monoisotopic (exact) mass is 888 g/mol. The molecule has 2 atom stereocenters. The topological polar surface area (TPSA) is 0 Å². The standard InChI is InChI=1S/C29H37.C15H14.C11H17.2ClH.Zr/c1-18-25-22-17-19-13-9-10-14-20(19)24(22)21-15-11-12-16-23(21)29(25,8)28(6,7)27(4,5)26(18,2)3;1-12-3-7-14(8-4-12)11-15-9-5-13(2)6-10-15;1-5-9-6-7-10(8-9)11(2,3)4;;;/h9-11,13-15,23H,12,16-17H2,1-8H3;3-10H,1-2H3;6-8H,5H2,1-4H3;2*1H;/q-1;;-1;;;+2/p-2. The van der Waals surface area contributed by atoms with Crippen molar-refractivity contribution in [2.24, 2.45) is 27.6 Å². The van der Waals surface area contributed by atoms with Crippen molar-refractivity contribution >= 4 is 8.78 Å². The first-order valence-corrected chi connectivity index (χ1v) is 22.5. The van der Waals surface area contributed by atoms with Gasteiger partial charge in [0.2, 0.25) is 0 Å². The van der Waals surface area contributed by atoms with Gasteiger partial charge < -0.3 is 24.8 Å². The van der Waals surface area contributed by atoms with Gasteiger partial charge in [-0.25, -0.2) is 12.0 Å². The molecule has 1 fully saturated rings. The van der Waals surface area contributed by atoms with Crippen LogP contribution in [0.25, 0.3) is 5.57 Å². The van der Waals surface area contributed by atoms with Crippen molar-refractivity contribution in [1.29, 1.82) is 0 Å². The molecule has 0 N–H and O–H groups in total. The van der Waals surface area contributed by atoms with Crippen LogP contribution in [0.5, 0.6) is 0 Å². The molecule has 1 saturated carbocycles. The molecule has 0 radical (unpaired) electrons. The van der Waals surface area contributed by atoms with E-state index in [1.165, 1.54) is 84.8 Å². The zero-order chi connectivity index (χ0) is 41.0. The van der Waals surface area contributed by atoms with Crippen molar-refractivity contribution in [2.45, 2.75) is 128 Å². The number of allylic oxidation sites excluding steroid dienone is 6. The Bertz CT molecular complexity index is 2130. The Balaban J connectivity index is 0.000000217. The number of hydrogen-bond acceptors (Lipinski definition) is 0. The molecule has 308 valence electrons. The molecule has 58 heavy (non-hydrogen) atoms. The van der Waals surface area contributed by atoms with E-state index in [9.17, 15) is 0 Å². The fourth-order valence-electron chi connectivity index (χ4n) is 10.4. The molecule has 0 nitrogen and oxygen atoms in total. The van der Waals surface area contributed by atoms with Crippen LogP contribution >= 0.6 is 0 Å². The number of benzene rings is 3. The van der Waals surface area contributed by atoms with Crippen LogP contribution in [0.2, 0.25) is 0 Å². The molecule has 4 aromatic rings. The largest absolute Gasteiger partial charge is 1.00 e. The molecule has 0 bridgehead atoms. The molecule has 0 spiro atoms. The average Bonchev–Trinajstić information content (AvgIpc) is 3.81. The van der Waals surface area contributed by atoms with Crippen LogP contribution in [0.15, 0.2) is 120 Å². The third-order valence-electron chi connectivity index (χ3n) is 15.6. The predicted octanol–water partition coefficient (Wildman–Crippen LogP) is 8.66. The third kappa shape index (κ3) is 8.25. The summed E-state index contributed by atoms with van der Waals surface area (Å²) in [6, 6.07) is 33.5. The second kappa shape index (κ2) is 17.8. The molecule has 4 aliphatic carbocycles. The molecule has 0 saturated heterocycles. The van der Waals surface area contributed by atoms with Crippen molar-refractivity contribution in [3.05, 3.63) is 170 Å². The van der Waals surface area contributed by atoms with Crippen LogP contribution in [0.4, 0.5) is 0 Å². The van der Waals surface area contributed by atoms with Gasteiger partial charge in [0.15, 0.2) is 0 Å². The molecule has 8 rings (SSSR count). The summed E-state index contributed by atoms with van der Waals surface area (Å²) in [4.78, 5) is 0. The first kappa shape index (κ1) is 48.1. The molecule has 0 aliphatic heterocycles. The van der Waals surface area contributed by atoms with Crippen LogP contribution in [-0.2, 0) is 42.5 Å². The van der Waals surface area contributed by atoms with Gasteiger partial charge in [-0.15, -0.1) is 6.92 Å². The Morgan fingerprint density at radius 3 is 1.86 bits per heavy atom. The maximum absolute atomic E-state index is 2.62. The van der Waals surface area contributed by atoms with E-state index in [4.69, 9.17) is 0 Å². The van der Waals surface area contributed by atoms with Gasteiger partial charge in [0.05, 0.1) is 0 Å². The fourth-order valence-corrected chi connectivity index (χ4v) is 11.2. The predicted molar refractivity (Wildman–Crippen MR) is 240 cm³/mol. The third-order valence-corrected chi connectivity index (χ3v) is 17.0. The van der Waals surface area contributed by atoms with Crippen molar-refractivity contribution in [3.8, 4) is 0 Å². The minimum atomic E-state index is 0. The van der Waals surface area contributed by atoms with Crippen LogP contribution in [0.3, 0.4) is 0 Å². The summed E-state index contributed by atoms with van der Waals surface area (Å²) < 4.78 is 1.42. The average molecular weight is 891 g/mol. The van der Waals surface area contributed by atoms with Crippen molar-refractivity contribution in [1.82, 2.24) is 0 Å². The number of hydrogen-bond donors (Lipinski definition) is 0. The zero-order valence-corrected chi connectivity index (χ0v) is 41.9. The SMILES string of the molecule is CCc1cc(C(C)(C)C)c[cH-]1.C[C-]1C2=C3Cc4ccccc4C3=C3C=CCCC3C2(C)C(C)(C)C(C)(C)C1(C)C.Cc1ccc([C](=[Zr+2])c2ccc(C)cc2)cc1.[Cl-].[Cl-]. The van der Waals surface area contributed by atoms with Crippen LogP contribution in [0, 0.1) is 47.3 Å². The summed E-state index contributed by atoms with van der Waals surface area (Å²) in [5.41, 5.74) is 18.8. The van der Waals surface area contributed by atoms with Gasteiger partial charge >= 0.3 is 112 Å². The van der Waals surface area contributed by atoms with E-state index in [-0.39, 0.29) is 46.5 Å². The summed E-state index contributed by atoms with van der Waals surface area (Å²) in [5.74, 6) is 2.24. The molecule has 0 heterocycles. The first-order valence-electron chi connectivity index (χ1n) is 21.2. The fraction of sp³-hybridized carbons (Fsp3) is 0.436. The van der Waals surface area contributed by atoms with E-state index >= 15 is 0 Å². The molecule has 4 aromatic carbocycles. The smallest absolute Gasteiger partial charge is 1.00 e. The van der Waals surface area contributed by atoms with Crippen molar-refractivity contribution in [2.75, 3.05) is 0 Å². The summed E-state index contributed by atoms with van der Waals surface area (Å²) in [6.07, 6.45) is 9.65. The van der Waals surface area contributed by atoms with Gasteiger partial charge in [-0.1, -0.05) is 153 Å². The normalized spacial score (nSPS) is 21.7. The second-order valence-electron chi connectivity index (χ2n) is 20.0. The van der Waals surface area contributed by atoms with E-state index in [1.54, 1.807) is 28.2 Å². The zero-order valence-electron chi connectivity index (χ0n) is 38.0. The van der Waals surface area contributed by atoms with E-state index in [0.717, 1.165) is 12.8 Å². The van der Waals surface area contributed by atoms with Crippen LogP contribution < -0.4 is 24.8 Å². The maximum Gasteiger partial charge on any atom is -1.00 e. The van der Waals surface area contributed by atoms with E-state index in [1.807, 2.05) is 0 Å². The van der Waals surface area contributed by atoms with Gasteiger partial charge in [-0.3, -0.25) is 0 Å². The Morgan fingerprint density at radius 2 is 1.36 bits per heavy atom. The molecule has 2 unspecified atom stereocenters. The second-order valence-corrected chi connectivity index (χ2v) is 21.2. The Labute approximate surface area is 381 Å². The minimum absolute atomic E-state index is 0. The van der Waals surface area contributed by atoms with Gasteiger partial charge in [0, 0.05) is 0 Å².